The van der Waals surface area contributed by atoms with Crippen molar-refractivity contribution in [1.82, 2.24) is 5.32 Å². The van der Waals surface area contributed by atoms with Gasteiger partial charge >= 0.3 is 12.1 Å². The van der Waals surface area contributed by atoms with E-state index in [1.54, 1.807) is 77.9 Å². The first-order valence-corrected chi connectivity index (χ1v) is 10.9. The first-order valence-electron chi connectivity index (χ1n) is 10.9. The number of ether oxygens (including phenoxy) is 2. The minimum Gasteiger partial charge on any atom is -0.456 e. The van der Waals surface area contributed by atoms with Gasteiger partial charge < -0.3 is 20.5 Å². The number of nitrogens with one attached hydrogen (secondary N) is 1. The molecule has 33 heavy (non-hydrogen) atoms. The zero-order valence-corrected chi connectivity index (χ0v) is 20.2. The van der Waals surface area contributed by atoms with Crippen molar-refractivity contribution in [2.24, 2.45) is 0 Å². The highest BCUT2D eigenvalue weighted by atomic mass is 16.6. The van der Waals surface area contributed by atoms with Crippen LogP contribution >= 0.6 is 0 Å². The maximum atomic E-state index is 13.1. The second kappa shape index (κ2) is 10.5. The molecular weight excluding hydrogens is 420 g/mol. The molecule has 1 atom stereocenters. The van der Waals surface area contributed by atoms with Crippen LogP contribution in [0.25, 0.3) is 0 Å². The largest absolute Gasteiger partial charge is 0.456 e. The van der Waals surface area contributed by atoms with E-state index in [0.717, 1.165) is 11.1 Å². The van der Waals surface area contributed by atoms with Crippen LogP contribution in [-0.4, -0.2) is 35.1 Å². The van der Waals surface area contributed by atoms with Crippen LogP contribution in [0.1, 0.15) is 63.0 Å². The molecule has 178 valence electrons. The van der Waals surface area contributed by atoms with E-state index < -0.39 is 29.3 Å². The summed E-state index contributed by atoms with van der Waals surface area (Å²) in [5.74, 6) is -0.601. The first kappa shape index (κ1) is 25.9. The van der Waals surface area contributed by atoms with E-state index in [4.69, 9.17) is 15.2 Å². The van der Waals surface area contributed by atoms with Gasteiger partial charge in [-0.2, -0.15) is 0 Å². The van der Waals surface area contributed by atoms with E-state index in [0.29, 0.717) is 17.7 Å². The predicted molar refractivity (Wildman–Crippen MR) is 128 cm³/mol. The molecule has 3 N–H and O–H groups in total. The van der Waals surface area contributed by atoms with Gasteiger partial charge in [0, 0.05) is 12.1 Å². The van der Waals surface area contributed by atoms with E-state index in [1.165, 1.54) is 0 Å². The van der Waals surface area contributed by atoms with Gasteiger partial charge in [0.15, 0.2) is 5.78 Å². The van der Waals surface area contributed by atoms with E-state index in [2.05, 4.69) is 5.32 Å². The lowest BCUT2D eigenvalue weighted by molar-refractivity contribution is -0.120. The lowest BCUT2D eigenvalue weighted by atomic mass is 9.97. The summed E-state index contributed by atoms with van der Waals surface area (Å²) >= 11 is 0. The molecule has 7 heteroatoms. The van der Waals surface area contributed by atoms with Gasteiger partial charge in [-0.3, -0.25) is 4.79 Å². The summed E-state index contributed by atoms with van der Waals surface area (Å²) in [5, 5.41) is 2.70. The number of ketones is 1. The van der Waals surface area contributed by atoms with Crippen molar-refractivity contribution in [3.63, 3.8) is 0 Å². The Bertz CT molecular complexity index is 968. The number of hydrogen-bond acceptors (Lipinski definition) is 6. The molecule has 2 aromatic rings. The maximum absolute atomic E-state index is 13.1. The molecule has 0 aromatic heterocycles. The summed E-state index contributed by atoms with van der Waals surface area (Å²) < 4.78 is 10.7. The van der Waals surface area contributed by atoms with Crippen molar-refractivity contribution in [3.8, 4) is 0 Å². The minimum atomic E-state index is -0.783. The number of alkyl carbamates (subject to hydrolysis) is 1. The maximum Gasteiger partial charge on any atom is 0.408 e. The third-order valence-electron chi connectivity index (χ3n) is 4.47. The van der Waals surface area contributed by atoms with Gasteiger partial charge in [0.2, 0.25) is 0 Å². The summed E-state index contributed by atoms with van der Waals surface area (Å²) in [7, 11) is 0. The lowest BCUT2D eigenvalue weighted by Gasteiger charge is -2.23. The molecule has 0 radical (unpaired) electrons. The summed E-state index contributed by atoms with van der Waals surface area (Å²) in [5.41, 5.74) is 7.08. The Kier molecular flexibility index (Phi) is 8.25. The number of hydrogen-bond donors (Lipinski definition) is 2. The number of rotatable bonds is 7. The molecule has 0 fully saturated rings. The monoisotopic (exact) mass is 454 g/mol. The molecule has 0 aliphatic rings. The smallest absolute Gasteiger partial charge is 0.408 e. The van der Waals surface area contributed by atoms with Crippen LogP contribution in [0.2, 0.25) is 0 Å². The SMILES string of the molecule is CC(C)(C)OC(=O)N[C@@H](Cc1ccc(N)cc1)C(=O)Cc1ccc(C(=O)OC(C)(C)C)cc1. The van der Waals surface area contributed by atoms with Crippen LogP contribution in [0.15, 0.2) is 48.5 Å². The van der Waals surface area contributed by atoms with Gasteiger partial charge in [0.1, 0.15) is 11.2 Å². The lowest BCUT2D eigenvalue weighted by Crippen LogP contribution is -2.45. The van der Waals surface area contributed by atoms with Crippen molar-refractivity contribution in [1.29, 1.82) is 0 Å². The highest BCUT2D eigenvalue weighted by Crippen LogP contribution is 2.15. The Morgan fingerprint density at radius 2 is 1.33 bits per heavy atom. The van der Waals surface area contributed by atoms with Crippen molar-refractivity contribution < 1.29 is 23.9 Å². The number of amides is 1. The molecule has 2 rings (SSSR count). The second-order valence-corrected chi connectivity index (χ2v) is 9.99. The number of carbonyl (C=O) groups excluding carboxylic acids is 3. The van der Waals surface area contributed by atoms with Crippen LogP contribution in [0, 0.1) is 0 Å². The highest BCUT2D eigenvalue weighted by molar-refractivity contribution is 5.91. The van der Waals surface area contributed by atoms with Crippen molar-refractivity contribution in [2.45, 2.75) is 71.6 Å². The topological polar surface area (TPSA) is 108 Å². The number of esters is 1. The average Bonchev–Trinajstić information content (AvgIpc) is 2.67. The fraction of sp³-hybridized carbons (Fsp3) is 0.423. The number of Topliss-reactive ketones (excluding diaryl/α,β-unsaturated/α-hetero) is 1. The molecule has 2 aromatic carbocycles. The summed E-state index contributed by atoms with van der Waals surface area (Å²) in [6.45, 7) is 10.7. The Labute approximate surface area is 195 Å². The highest BCUT2D eigenvalue weighted by Gasteiger charge is 2.25. The molecule has 1 amide bonds. The molecule has 0 spiro atoms. The van der Waals surface area contributed by atoms with Crippen LogP contribution in [0.3, 0.4) is 0 Å². The molecular formula is C26H34N2O5. The summed E-state index contributed by atoms with van der Waals surface area (Å²) in [6, 6.07) is 13.0. The van der Waals surface area contributed by atoms with Crippen molar-refractivity contribution in [3.05, 3.63) is 65.2 Å². The Balaban J connectivity index is 2.13. The number of nitrogens with two attached hydrogens (primary N) is 1. The molecule has 0 saturated heterocycles. The second-order valence-electron chi connectivity index (χ2n) is 9.99. The van der Waals surface area contributed by atoms with Gasteiger partial charge in [0.25, 0.3) is 0 Å². The standard InChI is InChI=1S/C26H34N2O5/c1-25(2,3)32-23(30)19-11-7-18(8-12-19)16-22(29)21(28-24(31)33-26(4,5)6)15-17-9-13-20(27)14-10-17/h7-14,21H,15-16,27H2,1-6H3,(H,28,31)/t21-/m0/s1. The van der Waals surface area contributed by atoms with Gasteiger partial charge in [-0.25, -0.2) is 9.59 Å². The molecule has 0 saturated carbocycles. The Morgan fingerprint density at radius 1 is 0.818 bits per heavy atom. The summed E-state index contributed by atoms with van der Waals surface area (Å²) in [4.78, 5) is 37.7. The number of carbonyl (C=O) groups is 3. The Hall–Kier alpha value is -3.35. The summed E-state index contributed by atoms with van der Waals surface area (Å²) in [6.07, 6.45) is -0.269. The van der Waals surface area contributed by atoms with Crippen molar-refractivity contribution >= 4 is 23.5 Å². The zero-order chi connectivity index (χ0) is 24.8. The fourth-order valence-electron chi connectivity index (χ4n) is 3.00. The minimum absolute atomic E-state index is 0.0873. The van der Waals surface area contributed by atoms with Gasteiger partial charge in [-0.1, -0.05) is 24.3 Å². The number of benzene rings is 2. The number of nitrogen functional groups attached to an aromatic ring is 1. The molecule has 0 aliphatic carbocycles. The molecule has 0 aliphatic heterocycles. The first-order chi connectivity index (χ1) is 15.2. The van der Waals surface area contributed by atoms with Crippen LogP contribution in [-0.2, 0) is 27.1 Å². The van der Waals surface area contributed by atoms with Crippen LogP contribution in [0.4, 0.5) is 10.5 Å². The number of anilines is 1. The van der Waals surface area contributed by atoms with Gasteiger partial charge in [-0.05, 0) is 83.4 Å². The van der Waals surface area contributed by atoms with E-state index in [-0.39, 0.29) is 12.2 Å². The average molecular weight is 455 g/mol. The van der Waals surface area contributed by atoms with Crippen LogP contribution < -0.4 is 11.1 Å². The predicted octanol–water partition coefficient (Wildman–Crippen LogP) is 4.47. The molecule has 0 heterocycles. The fourth-order valence-corrected chi connectivity index (χ4v) is 3.00. The molecule has 0 bridgehead atoms. The molecule has 7 nitrogen and oxygen atoms in total. The third-order valence-corrected chi connectivity index (χ3v) is 4.47. The van der Waals surface area contributed by atoms with Gasteiger partial charge in [-0.15, -0.1) is 0 Å². The van der Waals surface area contributed by atoms with E-state index in [1.807, 2.05) is 12.1 Å². The third kappa shape index (κ3) is 9.35. The van der Waals surface area contributed by atoms with Crippen LogP contribution in [0.5, 0.6) is 0 Å². The van der Waals surface area contributed by atoms with Crippen molar-refractivity contribution in [2.75, 3.05) is 5.73 Å². The normalized spacial score (nSPS) is 12.5. The molecule has 0 unspecified atom stereocenters. The Morgan fingerprint density at radius 3 is 1.85 bits per heavy atom. The van der Waals surface area contributed by atoms with E-state index >= 15 is 0 Å². The van der Waals surface area contributed by atoms with E-state index in [9.17, 15) is 14.4 Å². The zero-order valence-electron chi connectivity index (χ0n) is 20.2. The van der Waals surface area contributed by atoms with Gasteiger partial charge in [0.05, 0.1) is 11.6 Å². The quantitative estimate of drug-likeness (QED) is 0.472.